The predicted molar refractivity (Wildman–Crippen MR) is 117 cm³/mol. The van der Waals surface area contributed by atoms with E-state index in [9.17, 15) is 8.42 Å². The minimum absolute atomic E-state index is 0.00143. The lowest BCUT2D eigenvalue weighted by Gasteiger charge is -2.34. The Morgan fingerprint density at radius 3 is 2.66 bits per heavy atom. The summed E-state index contributed by atoms with van der Waals surface area (Å²) in [4.78, 5) is 9.30. The molecule has 0 bridgehead atoms. The van der Waals surface area contributed by atoms with Crippen LogP contribution in [-0.2, 0) is 14.8 Å². The Morgan fingerprint density at radius 1 is 1.17 bits per heavy atom. The molecule has 1 fully saturated rings. The first-order valence-corrected chi connectivity index (χ1v) is 12.1. The number of para-hydroxylation sites is 1. The summed E-state index contributed by atoms with van der Waals surface area (Å²) in [6, 6.07) is 9.71. The Labute approximate surface area is 174 Å². The fourth-order valence-corrected chi connectivity index (χ4v) is 5.64. The zero-order valence-electron chi connectivity index (χ0n) is 16.4. The van der Waals surface area contributed by atoms with Crippen LogP contribution in [0.15, 0.2) is 41.1 Å². The Balaban J connectivity index is 1.52. The molecule has 0 unspecified atom stereocenters. The maximum atomic E-state index is 12.8. The van der Waals surface area contributed by atoms with Crippen LogP contribution >= 0.6 is 11.3 Å². The van der Waals surface area contributed by atoms with Crippen molar-refractivity contribution in [3.05, 3.63) is 41.1 Å². The minimum atomic E-state index is -3.38. The fourth-order valence-electron chi connectivity index (χ4n) is 3.52. The molecular formula is C20H24N4O3S2. The van der Waals surface area contributed by atoms with Crippen LogP contribution in [0, 0.1) is 0 Å². The Kier molecular flexibility index (Phi) is 5.82. The summed E-state index contributed by atoms with van der Waals surface area (Å²) in [7, 11) is -3.38. The van der Waals surface area contributed by atoms with E-state index in [1.54, 1.807) is 11.3 Å². The lowest BCUT2D eigenvalue weighted by atomic mass is 10.2. The van der Waals surface area contributed by atoms with Crippen LogP contribution in [0.2, 0.25) is 0 Å². The van der Waals surface area contributed by atoms with Gasteiger partial charge in [0, 0.05) is 36.0 Å². The molecular weight excluding hydrogens is 408 g/mol. The van der Waals surface area contributed by atoms with Gasteiger partial charge in [0.15, 0.2) is 5.82 Å². The van der Waals surface area contributed by atoms with Gasteiger partial charge < -0.3 is 10.1 Å². The number of ether oxygens (including phenoxy) is 1. The summed E-state index contributed by atoms with van der Waals surface area (Å²) in [5.41, 5.74) is 1.78. The summed E-state index contributed by atoms with van der Waals surface area (Å²) in [6.45, 7) is 4.86. The topological polar surface area (TPSA) is 84.4 Å². The third kappa shape index (κ3) is 4.58. The SMILES string of the molecule is C[C@@H]1CN(S(=O)(=O)CCNc2nc(-c3ccsc3)nc3ccccc23)C[C@H](C)O1. The molecule has 0 saturated carbocycles. The van der Waals surface area contributed by atoms with Crippen LogP contribution < -0.4 is 5.32 Å². The van der Waals surface area contributed by atoms with Crippen molar-refractivity contribution in [3.8, 4) is 11.4 Å². The van der Waals surface area contributed by atoms with E-state index in [1.165, 1.54) is 4.31 Å². The highest BCUT2D eigenvalue weighted by molar-refractivity contribution is 7.89. The number of nitrogens with one attached hydrogen (secondary N) is 1. The molecule has 29 heavy (non-hydrogen) atoms. The third-order valence-corrected chi connectivity index (χ3v) is 7.30. The number of morpholine rings is 1. The third-order valence-electron chi connectivity index (χ3n) is 4.81. The van der Waals surface area contributed by atoms with E-state index in [-0.39, 0.29) is 24.5 Å². The van der Waals surface area contributed by atoms with Gasteiger partial charge in [-0.3, -0.25) is 0 Å². The Hall–Kier alpha value is -2.07. The van der Waals surface area contributed by atoms with E-state index >= 15 is 0 Å². The van der Waals surface area contributed by atoms with Gasteiger partial charge in [-0.15, -0.1) is 0 Å². The number of nitrogens with zero attached hydrogens (tertiary/aromatic N) is 3. The van der Waals surface area contributed by atoms with Gasteiger partial charge in [-0.1, -0.05) is 12.1 Å². The van der Waals surface area contributed by atoms with E-state index < -0.39 is 10.0 Å². The van der Waals surface area contributed by atoms with Crippen LogP contribution in [0.3, 0.4) is 0 Å². The lowest BCUT2D eigenvalue weighted by Crippen LogP contribution is -2.49. The number of fused-ring (bicyclic) bond motifs is 1. The highest BCUT2D eigenvalue weighted by Gasteiger charge is 2.30. The Morgan fingerprint density at radius 2 is 1.93 bits per heavy atom. The normalized spacial score (nSPS) is 20.8. The van der Waals surface area contributed by atoms with E-state index in [2.05, 4.69) is 15.3 Å². The van der Waals surface area contributed by atoms with Crippen LogP contribution in [0.4, 0.5) is 5.82 Å². The summed E-state index contributed by atoms with van der Waals surface area (Å²) in [6.07, 6.45) is -0.194. The summed E-state index contributed by atoms with van der Waals surface area (Å²) in [5.74, 6) is 1.28. The molecule has 1 aliphatic rings. The molecule has 2 aromatic heterocycles. The van der Waals surface area contributed by atoms with Crippen LogP contribution in [-0.4, -0.2) is 60.3 Å². The molecule has 0 aliphatic carbocycles. The fraction of sp³-hybridized carbons (Fsp3) is 0.400. The first kappa shape index (κ1) is 20.2. The monoisotopic (exact) mass is 432 g/mol. The largest absolute Gasteiger partial charge is 0.373 e. The molecule has 4 rings (SSSR count). The molecule has 1 N–H and O–H groups in total. The standard InChI is InChI=1S/C20H24N4O3S2/c1-14-11-24(12-15(2)27-14)29(25,26)10-8-21-20-17-5-3-4-6-18(17)22-19(23-20)16-7-9-28-13-16/h3-7,9,13-15H,8,10-12H2,1-2H3,(H,21,22,23)/t14-,15+. The van der Waals surface area contributed by atoms with E-state index in [4.69, 9.17) is 4.74 Å². The maximum Gasteiger partial charge on any atom is 0.216 e. The van der Waals surface area contributed by atoms with Gasteiger partial charge >= 0.3 is 0 Å². The molecule has 1 saturated heterocycles. The first-order valence-electron chi connectivity index (χ1n) is 9.59. The van der Waals surface area contributed by atoms with Gasteiger partial charge in [-0.2, -0.15) is 15.6 Å². The zero-order valence-corrected chi connectivity index (χ0v) is 18.0. The van der Waals surface area contributed by atoms with Crippen molar-refractivity contribution >= 4 is 38.1 Å². The second-order valence-corrected chi connectivity index (χ2v) is 10.1. The van der Waals surface area contributed by atoms with Gasteiger partial charge in [-0.05, 0) is 37.4 Å². The first-order chi connectivity index (χ1) is 13.9. The number of anilines is 1. The van der Waals surface area contributed by atoms with Crippen molar-refractivity contribution in [2.45, 2.75) is 26.1 Å². The van der Waals surface area contributed by atoms with E-state index in [1.807, 2.05) is 54.9 Å². The number of thiophene rings is 1. The summed E-state index contributed by atoms with van der Waals surface area (Å²) >= 11 is 1.59. The summed E-state index contributed by atoms with van der Waals surface area (Å²) in [5, 5.41) is 8.08. The van der Waals surface area contributed by atoms with Crippen molar-refractivity contribution in [1.29, 1.82) is 0 Å². The zero-order chi connectivity index (χ0) is 20.4. The number of rotatable bonds is 6. The van der Waals surface area contributed by atoms with Crippen LogP contribution in [0.25, 0.3) is 22.3 Å². The smallest absolute Gasteiger partial charge is 0.216 e. The molecule has 7 nitrogen and oxygen atoms in total. The lowest BCUT2D eigenvalue weighted by molar-refractivity contribution is -0.0440. The molecule has 1 aromatic carbocycles. The Bertz CT molecular complexity index is 1080. The van der Waals surface area contributed by atoms with Crippen molar-refractivity contribution in [3.63, 3.8) is 0 Å². The highest BCUT2D eigenvalue weighted by Crippen LogP contribution is 2.26. The average molecular weight is 433 g/mol. The molecule has 154 valence electrons. The second kappa shape index (κ2) is 8.35. The number of aromatic nitrogens is 2. The number of sulfonamides is 1. The molecule has 0 spiro atoms. The molecule has 3 aromatic rings. The van der Waals surface area contributed by atoms with Gasteiger partial charge in [-0.25, -0.2) is 18.4 Å². The quantitative estimate of drug-likeness (QED) is 0.644. The molecule has 0 radical (unpaired) electrons. The molecule has 3 heterocycles. The van der Waals surface area contributed by atoms with Gasteiger partial charge in [0.1, 0.15) is 5.82 Å². The second-order valence-electron chi connectivity index (χ2n) is 7.24. The number of hydrogen-bond donors (Lipinski definition) is 1. The number of benzene rings is 1. The predicted octanol–water partition coefficient (Wildman–Crippen LogP) is 3.21. The summed E-state index contributed by atoms with van der Waals surface area (Å²) < 4.78 is 32.7. The van der Waals surface area contributed by atoms with Crippen molar-refractivity contribution in [1.82, 2.24) is 14.3 Å². The minimum Gasteiger partial charge on any atom is -0.373 e. The molecule has 1 aliphatic heterocycles. The van der Waals surface area contributed by atoms with Gasteiger partial charge in [0.05, 0.1) is 23.5 Å². The van der Waals surface area contributed by atoms with Gasteiger partial charge in [0.2, 0.25) is 10.0 Å². The number of hydrogen-bond acceptors (Lipinski definition) is 7. The van der Waals surface area contributed by atoms with Crippen molar-refractivity contribution in [2.75, 3.05) is 30.7 Å². The maximum absolute atomic E-state index is 12.8. The van der Waals surface area contributed by atoms with E-state index in [0.717, 1.165) is 16.5 Å². The van der Waals surface area contributed by atoms with Crippen LogP contribution in [0.5, 0.6) is 0 Å². The molecule has 9 heteroatoms. The van der Waals surface area contributed by atoms with E-state index in [0.29, 0.717) is 24.7 Å². The van der Waals surface area contributed by atoms with Crippen LogP contribution in [0.1, 0.15) is 13.8 Å². The molecule has 0 amide bonds. The van der Waals surface area contributed by atoms with Crippen molar-refractivity contribution < 1.29 is 13.2 Å². The van der Waals surface area contributed by atoms with Crippen molar-refractivity contribution in [2.24, 2.45) is 0 Å². The molecule has 2 atom stereocenters. The highest BCUT2D eigenvalue weighted by atomic mass is 32.2. The average Bonchev–Trinajstić information content (AvgIpc) is 3.22. The van der Waals surface area contributed by atoms with Gasteiger partial charge in [0.25, 0.3) is 0 Å².